The highest BCUT2D eigenvalue weighted by atomic mass is 19.4. The van der Waals surface area contributed by atoms with Crippen molar-refractivity contribution in [2.75, 3.05) is 7.11 Å². The van der Waals surface area contributed by atoms with Gasteiger partial charge >= 0.3 is 6.18 Å². The molecular weight excluding hydrogens is 271 g/mol. The summed E-state index contributed by atoms with van der Waals surface area (Å²) in [5.41, 5.74) is -3.83. The lowest BCUT2D eigenvalue weighted by Gasteiger charge is -2.32. The first-order valence-electron chi connectivity index (χ1n) is 5.74. The van der Waals surface area contributed by atoms with Crippen molar-refractivity contribution in [2.45, 2.75) is 11.8 Å². The number of methoxy groups -OCH3 is 1. The maximum atomic E-state index is 13.5. The number of hydrogen-bond acceptors (Lipinski definition) is 3. The molecule has 1 N–H and O–H groups in total. The minimum absolute atomic E-state index is 0.0378. The second-order valence-electron chi connectivity index (χ2n) is 4.14. The monoisotopic (exact) mass is 283 g/mol. The molecule has 0 radical (unpaired) electrons. The van der Waals surface area contributed by atoms with Gasteiger partial charge in [0.25, 0.3) is 0 Å². The van der Waals surface area contributed by atoms with Crippen molar-refractivity contribution in [2.24, 2.45) is 0 Å². The van der Waals surface area contributed by atoms with Gasteiger partial charge in [0.2, 0.25) is 5.60 Å². The van der Waals surface area contributed by atoms with Crippen LogP contribution in [0.3, 0.4) is 0 Å². The zero-order valence-electron chi connectivity index (χ0n) is 10.6. The van der Waals surface area contributed by atoms with Gasteiger partial charge in [-0.25, -0.2) is 0 Å². The van der Waals surface area contributed by atoms with Crippen LogP contribution in [-0.2, 0) is 5.60 Å². The Kier molecular flexibility index (Phi) is 3.67. The van der Waals surface area contributed by atoms with E-state index in [0.29, 0.717) is 0 Å². The first-order chi connectivity index (χ1) is 9.41. The van der Waals surface area contributed by atoms with E-state index in [-0.39, 0.29) is 16.9 Å². The summed E-state index contributed by atoms with van der Waals surface area (Å²) >= 11 is 0. The van der Waals surface area contributed by atoms with Crippen LogP contribution < -0.4 is 4.74 Å². The number of aliphatic hydroxyl groups is 1. The number of rotatable bonds is 3. The van der Waals surface area contributed by atoms with E-state index in [1.807, 2.05) is 0 Å². The van der Waals surface area contributed by atoms with E-state index in [1.54, 1.807) is 0 Å². The van der Waals surface area contributed by atoms with E-state index in [1.165, 1.54) is 43.8 Å². The minimum Gasteiger partial charge on any atom is -0.496 e. The van der Waals surface area contributed by atoms with Gasteiger partial charge in [0, 0.05) is 23.5 Å². The minimum atomic E-state index is -4.90. The van der Waals surface area contributed by atoms with Crippen LogP contribution in [0.1, 0.15) is 11.1 Å². The van der Waals surface area contributed by atoms with Crippen molar-refractivity contribution < 1.29 is 23.0 Å². The molecule has 0 saturated heterocycles. The van der Waals surface area contributed by atoms with Crippen LogP contribution in [0.15, 0.2) is 48.8 Å². The molecule has 2 aromatic rings. The molecule has 6 heteroatoms. The number of aromatic nitrogens is 1. The molecule has 0 fully saturated rings. The highest BCUT2D eigenvalue weighted by Crippen LogP contribution is 2.46. The Morgan fingerprint density at radius 3 is 2.20 bits per heavy atom. The quantitative estimate of drug-likeness (QED) is 0.941. The van der Waals surface area contributed by atoms with Crippen molar-refractivity contribution in [1.29, 1.82) is 0 Å². The molecule has 2 rings (SSSR count). The van der Waals surface area contributed by atoms with Crippen LogP contribution >= 0.6 is 0 Å². The van der Waals surface area contributed by atoms with Gasteiger partial charge in [0.1, 0.15) is 5.75 Å². The van der Waals surface area contributed by atoms with Gasteiger partial charge in [0.15, 0.2) is 0 Å². The van der Waals surface area contributed by atoms with E-state index in [9.17, 15) is 18.3 Å². The summed E-state index contributed by atoms with van der Waals surface area (Å²) in [6.45, 7) is 0. The fourth-order valence-corrected chi connectivity index (χ4v) is 2.01. The third kappa shape index (κ3) is 2.22. The van der Waals surface area contributed by atoms with Crippen molar-refractivity contribution in [3.05, 3.63) is 59.9 Å². The average Bonchev–Trinajstić information content (AvgIpc) is 2.46. The Morgan fingerprint density at radius 1 is 1.05 bits per heavy atom. The normalized spacial score (nSPS) is 14.7. The first-order valence-corrected chi connectivity index (χ1v) is 5.74. The Morgan fingerprint density at radius 2 is 1.65 bits per heavy atom. The number of alkyl halides is 3. The molecule has 0 amide bonds. The molecule has 1 aromatic heterocycles. The summed E-state index contributed by atoms with van der Waals surface area (Å²) in [7, 11) is 1.25. The SMILES string of the molecule is COc1ccccc1C(O)(c1ccncc1)C(F)(F)F. The molecule has 1 atom stereocenters. The largest absolute Gasteiger partial charge is 0.496 e. The lowest BCUT2D eigenvalue weighted by atomic mass is 9.85. The van der Waals surface area contributed by atoms with Gasteiger partial charge in [0.05, 0.1) is 7.11 Å². The Balaban J connectivity index is 2.72. The summed E-state index contributed by atoms with van der Waals surface area (Å²) in [5.74, 6) is -0.0378. The van der Waals surface area contributed by atoms with Gasteiger partial charge in [-0.2, -0.15) is 13.2 Å². The molecule has 0 aliphatic heterocycles. The molecule has 3 nitrogen and oxygen atoms in total. The van der Waals surface area contributed by atoms with Gasteiger partial charge in [-0.1, -0.05) is 18.2 Å². The van der Waals surface area contributed by atoms with E-state index in [0.717, 1.165) is 12.1 Å². The number of para-hydroxylation sites is 1. The van der Waals surface area contributed by atoms with Crippen LogP contribution in [0.2, 0.25) is 0 Å². The highest BCUT2D eigenvalue weighted by molar-refractivity contribution is 5.45. The van der Waals surface area contributed by atoms with Crippen LogP contribution in [0.4, 0.5) is 13.2 Å². The van der Waals surface area contributed by atoms with Gasteiger partial charge in [-0.05, 0) is 18.2 Å². The van der Waals surface area contributed by atoms with Crippen molar-refractivity contribution in [3.63, 3.8) is 0 Å². The Hall–Kier alpha value is -2.08. The standard InChI is InChI=1S/C14H12F3NO2/c1-20-12-5-3-2-4-11(12)13(19,14(15,16)17)10-6-8-18-9-7-10/h2-9,19H,1H3. The van der Waals surface area contributed by atoms with Gasteiger partial charge in [-0.3, -0.25) is 4.98 Å². The van der Waals surface area contributed by atoms with Crippen molar-refractivity contribution in [1.82, 2.24) is 4.98 Å². The molecule has 0 bridgehead atoms. The molecule has 0 spiro atoms. The molecule has 1 aromatic carbocycles. The highest BCUT2D eigenvalue weighted by Gasteiger charge is 2.57. The maximum absolute atomic E-state index is 13.5. The molecule has 106 valence electrons. The predicted molar refractivity (Wildman–Crippen MR) is 66.3 cm³/mol. The van der Waals surface area contributed by atoms with E-state index >= 15 is 0 Å². The van der Waals surface area contributed by atoms with Crippen LogP contribution in [0, 0.1) is 0 Å². The predicted octanol–water partition coefficient (Wildman–Crippen LogP) is 2.89. The number of halogens is 3. The topological polar surface area (TPSA) is 42.4 Å². The first kappa shape index (κ1) is 14.3. The Bertz CT molecular complexity index is 586. The third-order valence-corrected chi connectivity index (χ3v) is 3.01. The third-order valence-electron chi connectivity index (χ3n) is 3.01. The van der Waals surface area contributed by atoms with Gasteiger partial charge in [-0.15, -0.1) is 0 Å². The second-order valence-corrected chi connectivity index (χ2v) is 4.14. The lowest BCUT2D eigenvalue weighted by molar-refractivity contribution is -0.248. The molecular formula is C14H12F3NO2. The molecule has 1 heterocycles. The average molecular weight is 283 g/mol. The summed E-state index contributed by atoms with van der Waals surface area (Å²) in [4.78, 5) is 3.67. The van der Waals surface area contributed by atoms with Crippen LogP contribution in [0.5, 0.6) is 5.75 Å². The summed E-state index contributed by atoms with van der Waals surface area (Å²) < 4.78 is 45.3. The fraction of sp³-hybridized carbons (Fsp3) is 0.214. The maximum Gasteiger partial charge on any atom is 0.425 e. The summed E-state index contributed by atoms with van der Waals surface area (Å²) in [6, 6.07) is 7.75. The molecule has 0 aliphatic carbocycles. The number of nitrogens with zero attached hydrogens (tertiary/aromatic N) is 1. The number of hydrogen-bond donors (Lipinski definition) is 1. The van der Waals surface area contributed by atoms with Crippen molar-refractivity contribution >= 4 is 0 Å². The number of ether oxygens (including phenoxy) is 1. The smallest absolute Gasteiger partial charge is 0.425 e. The molecule has 1 unspecified atom stereocenters. The zero-order chi connectivity index (χ0) is 14.8. The fourth-order valence-electron chi connectivity index (χ4n) is 2.01. The number of pyridine rings is 1. The zero-order valence-corrected chi connectivity index (χ0v) is 10.6. The van der Waals surface area contributed by atoms with Gasteiger partial charge < -0.3 is 9.84 Å². The Labute approximate surface area is 113 Å². The second kappa shape index (κ2) is 5.13. The van der Waals surface area contributed by atoms with Crippen LogP contribution in [0.25, 0.3) is 0 Å². The lowest BCUT2D eigenvalue weighted by Crippen LogP contribution is -2.43. The van der Waals surface area contributed by atoms with E-state index in [4.69, 9.17) is 4.74 Å². The molecule has 0 aliphatic rings. The van der Waals surface area contributed by atoms with E-state index < -0.39 is 11.8 Å². The number of benzene rings is 1. The molecule has 20 heavy (non-hydrogen) atoms. The van der Waals surface area contributed by atoms with Crippen molar-refractivity contribution in [3.8, 4) is 5.75 Å². The van der Waals surface area contributed by atoms with Crippen LogP contribution in [-0.4, -0.2) is 23.4 Å². The summed E-state index contributed by atoms with van der Waals surface area (Å²) in [6.07, 6.45) is -2.51. The molecule has 0 saturated carbocycles. The van der Waals surface area contributed by atoms with E-state index in [2.05, 4.69) is 4.98 Å². The summed E-state index contributed by atoms with van der Waals surface area (Å²) in [5, 5.41) is 10.4.